The van der Waals surface area contributed by atoms with Gasteiger partial charge in [-0.1, -0.05) is 17.7 Å². The highest BCUT2D eigenvalue weighted by atomic mass is 35.5. The third-order valence-electron chi connectivity index (χ3n) is 4.51. The minimum Gasteiger partial charge on any atom is -0.488 e. The summed E-state index contributed by atoms with van der Waals surface area (Å²) in [6.07, 6.45) is 4.18. The first-order valence-corrected chi connectivity index (χ1v) is 8.67. The fourth-order valence-electron chi connectivity index (χ4n) is 3.13. The van der Waals surface area contributed by atoms with Crippen LogP contribution in [0, 0.1) is 5.82 Å². The fraction of sp³-hybridized carbons (Fsp3) is 0.143. The van der Waals surface area contributed by atoms with E-state index in [1.165, 1.54) is 18.2 Å². The number of Topliss-reactive ketones (excluding diaryl/α,β-unsaturated/α-hetero) is 1. The van der Waals surface area contributed by atoms with Crippen LogP contribution < -0.4 is 4.74 Å². The normalized spacial score (nSPS) is 12.1. The summed E-state index contributed by atoms with van der Waals surface area (Å²) in [7, 11) is 0. The lowest BCUT2D eigenvalue weighted by Crippen LogP contribution is -2.08. The molecule has 1 aromatic heterocycles. The molecule has 0 spiro atoms. The van der Waals surface area contributed by atoms with E-state index in [1.807, 2.05) is 12.1 Å². The number of ether oxygens (including phenoxy) is 1. The molecule has 0 amide bonds. The van der Waals surface area contributed by atoms with Gasteiger partial charge in [-0.15, -0.1) is 0 Å². The molecule has 0 fully saturated rings. The van der Waals surface area contributed by atoms with Gasteiger partial charge < -0.3 is 4.74 Å². The smallest absolute Gasteiger partial charge is 0.163 e. The first kappa shape index (κ1) is 16.7. The van der Waals surface area contributed by atoms with E-state index in [1.54, 1.807) is 24.5 Å². The third-order valence-corrected chi connectivity index (χ3v) is 4.88. The Morgan fingerprint density at radius 2 is 2.04 bits per heavy atom. The quantitative estimate of drug-likeness (QED) is 0.591. The third kappa shape index (κ3) is 3.20. The lowest BCUT2D eigenvalue weighted by Gasteiger charge is -2.20. The molecule has 2 aromatic carbocycles. The largest absolute Gasteiger partial charge is 0.488 e. The Morgan fingerprint density at radius 1 is 1.15 bits per heavy atom. The van der Waals surface area contributed by atoms with Gasteiger partial charge in [0.05, 0.1) is 0 Å². The Kier molecular flexibility index (Phi) is 4.43. The molecule has 1 aliphatic heterocycles. The summed E-state index contributed by atoms with van der Waals surface area (Å²) >= 11 is 6.07. The van der Waals surface area contributed by atoms with Crippen LogP contribution in [0.1, 0.15) is 27.9 Å². The number of carbonyl (C=O) groups is 1. The molecule has 0 radical (unpaired) electrons. The van der Waals surface area contributed by atoms with Gasteiger partial charge in [-0.05, 0) is 53.9 Å². The van der Waals surface area contributed by atoms with Gasteiger partial charge in [-0.25, -0.2) is 4.39 Å². The lowest BCUT2D eigenvalue weighted by molar-refractivity contribution is 0.0982. The van der Waals surface area contributed by atoms with Gasteiger partial charge in [0.15, 0.2) is 5.78 Å². The van der Waals surface area contributed by atoms with Crippen molar-refractivity contribution in [1.29, 1.82) is 0 Å². The summed E-state index contributed by atoms with van der Waals surface area (Å²) in [5.74, 6) is 0.308. The molecule has 130 valence electrons. The molecule has 0 N–H and O–H groups in total. The number of nitrogens with zero attached hydrogens (tertiary/aromatic N) is 1. The zero-order valence-electron chi connectivity index (χ0n) is 13.8. The number of hydrogen-bond acceptors (Lipinski definition) is 3. The van der Waals surface area contributed by atoms with E-state index < -0.39 is 0 Å². The number of hydrogen-bond donors (Lipinski definition) is 0. The van der Waals surface area contributed by atoms with Crippen LogP contribution in [0.4, 0.5) is 4.39 Å². The molecule has 0 bridgehead atoms. The van der Waals surface area contributed by atoms with Crippen LogP contribution in [0.25, 0.3) is 11.1 Å². The van der Waals surface area contributed by atoms with Crippen molar-refractivity contribution < 1.29 is 13.9 Å². The van der Waals surface area contributed by atoms with E-state index in [-0.39, 0.29) is 18.0 Å². The molecule has 0 unspecified atom stereocenters. The average Bonchev–Trinajstić information content (AvgIpc) is 2.67. The SMILES string of the molecule is O=C(CCc1cc(F)ccc1Cl)c1ccc2c(c1)OCc1cnccc1-2. The molecular formula is C21H15ClFNO2. The second-order valence-corrected chi connectivity index (χ2v) is 6.60. The van der Waals surface area contributed by atoms with Crippen molar-refractivity contribution in [2.45, 2.75) is 19.4 Å². The molecule has 4 rings (SSSR count). The number of pyridine rings is 1. The molecule has 5 heteroatoms. The van der Waals surface area contributed by atoms with Crippen molar-refractivity contribution in [1.82, 2.24) is 4.98 Å². The molecule has 2 heterocycles. The highest BCUT2D eigenvalue weighted by molar-refractivity contribution is 6.31. The number of carbonyl (C=O) groups excluding carboxylic acids is 1. The number of rotatable bonds is 4. The number of ketones is 1. The molecule has 1 aliphatic rings. The number of halogens is 2. The summed E-state index contributed by atoms with van der Waals surface area (Å²) in [6.45, 7) is 0.437. The van der Waals surface area contributed by atoms with Gasteiger partial charge in [-0.3, -0.25) is 9.78 Å². The minimum atomic E-state index is -0.354. The zero-order valence-corrected chi connectivity index (χ0v) is 14.6. The van der Waals surface area contributed by atoms with E-state index in [2.05, 4.69) is 4.98 Å². The van der Waals surface area contributed by atoms with E-state index >= 15 is 0 Å². The highest BCUT2D eigenvalue weighted by Gasteiger charge is 2.19. The van der Waals surface area contributed by atoms with Crippen molar-refractivity contribution in [3.8, 4) is 16.9 Å². The van der Waals surface area contributed by atoms with E-state index in [0.29, 0.717) is 34.9 Å². The van der Waals surface area contributed by atoms with Crippen LogP contribution in [-0.2, 0) is 13.0 Å². The molecule has 0 saturated heterocycles. The van der Waals surface area contributed by atoms with E-state index in [0.717, 1.165) is 16.7 Å². The average molecular weight is 368 g/mol. The standard InChI is InChI=1S/C21H15ClFNO2/c22-19-5-3-16(23)9-13(19)2-6-20(25)14-1-4-18-17-7-8-24-11-15(17)12-26-21(18)10-14/h1,3-5,7-11H,2,6,12H2. The maximum Gasteiger partial charge on any atom is 0.163 e. The Bertz CT molecular complexity index is 1000. The number of benzene rings is 2. The second-order valence-electron chi connectivity index (χ2n) is 6.19. The Balaban J connectivity index is 1.54. The van der Waals surface area contributed by atoms with Gasteiger partial charge >= 0.3 is 0 Å². The Labute approximate surface area is 155 Å². The number of fused-ring (bicyclic) bond motifs is 3. The lowest BCUT2D eigenvalue weighted by atomic mass is 9.95. The topological polar surface area (TPSA) is 39.2 Å². The maximum atomic E-state index is 13.3. The van der Waals surface area contributed by atoms with E-state index in [4.69, 9.17) is 16.3 Å². The predicted molar refractivity (Wildman–Crippen MR) is 98.1 cm³/mol. The molecule has 0 aliphatic carbocycles. The van der Waals surface area contributed by atoms with Crippen LogP contribution in [0.5, 0.6) is 5.75 Å². The molecule has 0 atom stereocenters. The summed E-state index contributed by atoms with van der Waals surface area (Å²) in [6, 6.07) is 11.6. The summed E-state index contributed by atoms with van der Waals surface area (Å²) in [4.78, 5) is 16.7. The van der Waals surface area contributed by atoms with Crippen molar-refractivity contribution >= 4 is 17.4 Å². The van der Waals surface area contributed by atoms with Crippen molar-refractivity contribution in [3.05, 3.63) is 82.4 Å². The summed E-state index contributed by atoms with van der Waals surface area (Å²) < 4.78 is 19.1. The molecule has 26 heavy (non-hydrogen) atoms. The zero-order chi connectivity index (χ0) is 18.1. The predicted octanol–water partition coefficient (Wildman–Crippen LogP) is 5.25. The van der Waals surface area contributed by atoms with Gasteiger partial charge in [0.1, 0.15) is 18.2 Å². The van der Waals surface area contributed by atoms with Crippen LogP contribution in [0.15, 0.2) is 54.9 Å². The van der Waals surface area contributed by atoms with Gasteiger partial charge in [0, 0.05) is 40.5 Å². The first-order valence-electron chi connectivity index (χ1n) is 8.29. The van der Waals surface area contributed by atoms with Crippen molar-refractivity contribution in [2.75, 3.05) is 0 Å². The van der Waals surface area contributed by atoms with Crippen LogP contribution >= 0.6 is 11.6 Å². The van der Waals surface area contributed by atoms with Gasteiger partial charge in [-0.2, -0.15) is 0 Å². The summed E-state index contributed by atoms with van der Waals surface area (Å²) in [5.41, 5.74) is 4.27. The number of aromatic nitrogens is 1. The molecule has 0 saturated carbocycles. The Hall–Kier alpha value is -2.72. The number of aryl methyl sites for hydroxylation is 1. The first-order chi connectivity index (χ1) is 12.6. The highest BCUT2D eigenvalue weighted by Crippen LogP contribution is 2.37. The molecular weight excluding hydrogens is 353 g/mol. The van der Waals surface area contributed by atoms with Crippen molar-refractivity contribution in [2.24, 2.45) is 0 Å². The second kappa shape index (κ2) is 6.89. The molecule has 3 aromatic rings. The molecule has 3 nitrogen and oxygen atoms in total. The van der Waals surface area contributed by atoms with Crippen LogP contribution in [0.3, 0.4) is 0 Å². The maximum absolute atomic E-state index is 13.3. The monoisotopic (exact) mass is 367 g/mol. The fourth-order valence-corrected chi connectivity index (χ4v) is 3.34. The van der Waals surface area contributed by atoms with Crippen LogP contribution in [0.2, 0.25) is 5.02 Å². The minimum absolute atomic E-state index is 0.0303. The van der Waals surface area contributed by atoms with Crippen LogP contribution in [-0.4, -0.2) is 10.8 Å². The summed E-state index contributed by atoms with van der Waals surface area (Å²) in [5, 5.41) is 0.471. The van der Waals surface area contributed by atoms with Gasteiger partial charge in [0.2, 0.25) is 0 Å². The Morgan fingerprint density at radius 3 is 2.92 bits per heavy atom. The van der Waals surface area contributed by atoms with E-state index in [9.17, 15) is 9.18 Å². The van der Waals surface area contributed by atoms with Gasteiger partial charge in [0.25, 0.3) is 0 Å². The van der Waals surface area contributed by atoms with Crippen molar-refractivity contribution in [3.63, 3.8) is 0 Å².